The van der Waals surface area contributed by atoms with Crippen LogP contribution in [0.3, 0.4) is 0 Å². The lowest BCUT2D eigenvalue weighted by Gasteiger charge is -2.45. The number of hydrogen-bond donors (Lipinski definition) is 0. The van der Waals surface area contributed by atoms with Gasteiger partial charge in [0.1, 0.15) is 5.82 Å². The first kappa shape index (κ1) is 28.3. The average Bonchev–Trinajstić information content (AvgIpc) is 3.54. The molecule has 41 heavy (non-hydrogen) atoms. The minimum absolute atomic E-state index is 0.105. The van der Waals surface area contributed by atoms with Crippen molar-refractivity contribution in [1.82, 2.24) is 14.5 Å². The highest BCUT2D eigenvalue weighted by atomic mass is 32.2. The van der Waals surface area contributed by atoms with Crippen LogP contribution in [0.5, 0.6) is 0 Å². The molecular weight excluding hydrogens is 594 g/mol. The van der Waals surface area contributed by atoms with Gasteiger partial charge >= 0.3 is 11.9 Å². The monoisotopic (exact) mass is 620 g/mol. The Morgan fingerprint density at radius 3 is 2.63 bits per heavy atom. The molecule has 2 aliphatic heterocycles. The number of thioether (sulfide) groups is 1. The number of benzene rings is 1. The summed E-state index contributed by atoms with van der Waals surface area (Å²) in [6, 6.07) is 2.14. The van der Waals surface area contributed by atoms with Gasteiger partial charge in [0.25, 0.3) is 0 Å². The van der Waals surface area contributed by atoms with Gasteiger partial charge in [-0.3, -0.25) is 9.36 Å². The number of piperazine rings is 1. The van der Waals surface area contributed by atoms with Gasteiger partial charge in [-0.05, 0) is 37.4 Å². The van der Waals surface area contributed by atoms with Crippen LogP contribution in [0.4, 0.5) is 19.0 Å². The van der Waals surface area contributed by atoms with E-state index in [1.165, 1.54) is 52.2 Å². The zero-order valence-electron chi connectivity index (χ0n) is 22.5. The second-order valence-corrected chi connectivity index (χ2v) is 13.2. The maximum atomic E-state index is 14.9. The van der Waals surface area contributed by atoms with Crippen molar-refractivity contribution in [2.75, 3.05) is 37.5 Å². The number of anilines is 1. The highest BCUT2D eigenvalue weighted by molar-refractivity contribution is 7.99. The number of alkyl halides is 3. The summed E-state index contributed by atoms with van der Waals surface area (Å²) < 4.78 is 53.3. The first-order valence-electron chi connectivity index (χ1n) is 13.0. The van der Waals surface area contributed by atoms with Crippen LogP contribution in [0, 0.1) is 0 Å². The summed E-state index contributed by atoms with van der Waals surface area (Å²) in [4.78, 5) is 34.6. The molecule has 3 aromatic heterocycles. The Labute approximate surface area is 246 Å². The van der Waals surface area contributed by atoms with E-state index in [0.717, 1.165) is 15.5 Å². The number of fused-ring (bicyclic) bond motifs is 1. The molecule has 0 unspecified atom stereocenters. The van der Waals surface area contributed by atoms with E-state index in [4.69, 9.17) is 4.74 Å². The Kier molecular flexibility index (Phi) is 7.20. The van der Waals surface area contributed by atoms with Gasteiger partial charge in [0.15, 0.2) is 0 Å². The number of aromatic nitrogens is 2. The summed E-state index contributed by atoms with van der Waals surface area (Å²) in [6.45, 7) is 8.17. The fourth-order valence-corrected chi connectivity index (χ4v) is 9.53. The lowest BCUT2D eigenvalue weighted by atomic mass is 9.97. The van der Waals surface area contributed by atoms with E-state index >= 15 is 0 Å². The van der Waals surface area contributed by atoms with Crippen LogP contribution in [0.15, 0.2) is 45.2 Å². The van der Waals surface area contributed by atoms with Crippen LogP contribution in [-0.4, -0.2) is 65.0 Å². The molecule has 0 N–H and O–H groups in total. The molecule has 6 rings (SSSR count). The van der Waals surface area contributed by atoms with Gasteiger partial charge in [-0.25, -0.2) is 4.79 Å². The Hall–Kier alpha value is -2.87. The summed E-state index contributed by atoms with van der Waals surface area (Å²) in [5.74, 6) is 0.363. The van der Waals surface area contributed by atoms with Crippen molar-refractivity contribution in [3.05, 3.63) is 51.6 Å². The van der Waals surface area contributed by atoms with Gasteiger partial charge in [0.2, 0.25) is 5.91 Å². The Morgan fingerprint density at radius 2 is 1.98 bits per heavy atom. The van der Waals surface area contributed by atoms with Crippen LogP contribution in [0.25, 0.3) is 31.4 Å². The van der Waals surface area contributed by atoms with E-state index < -0.39 is 17.4 Å². The van der Waals surface area contributed by atoms with Crippen molar-refractivity contribution >= 4 is 66.5 Å². The normalized spacial score (nSPS) is 21.2. The van der Waals surface area contributed by atoms with Crippen molar-refractivity contribution < 1.29 is 22.7 Å². The summed E-state index contributed by atoms with van der Waals surface area (Å²) in [5.41, 5.74) is -0.202. The number of nitrogens with zero attached hydrogens (tertiary/aromatic N) is 4. The number of carbonyl (C=O) groups excluding carboxylic acids is 1. The molecule has 2 aliphatic rings. The molecule has 216 valence electrons. The number of methoxy groups -OCH3 is 1. The van der Waals surface area contributed by atoms with Crippen LogP contribution in [0.2, 0.25) is 0 Å². The number of halogens is 3. The largest absolute Gasteiger partial charge is 0.417 e. The first-order valence-corrected chi connectivity index (χ1v) is 15.8. The third-order valence-corrected chi connectivity index (χ3v) is 11.0. The quantitative estimate of drug-likeness (QED) is 0.245. The van der Waals surface area contributed by atoms with Crippen molar-refractivity contribution in [3.63, 3.8) is 0 Å². The molecule has 1 aromatic carbocycles. The molecule has 7 nitrogen and oxygen atoms in total. The lowest BCUT2D eigenvalue weighted by Crippen LogP contribution is -2.58. The van der Waals surface area contributed by atoms with Crippen LogP contribution in [-0.2, 0) is 15.7 Å². The third kappa shape index (κ3) is 4.57. The van der Waals surface area contributed by atoms with Crippen molar-refractivity contribution in [3.8, 4) is 11.1 Å². The molecule has 0 aliphatic carbocycles. The molecule has 0 saturated carbocycles. The molecule has 13 heteroatoms. The molecule has 4 aromatic rings. The van der Waals surface area contributed by atoms with Gasteiger partial charge in [-0.1, -0.05) is 6.58 Å². The number of hydrogen-bond acceptors (Lipinski definition) is 8. The predicted octanol–water partition coefficient (Wildman–Crippen LogP) is 6.26. The maximum Gasteiger partial charge on any atom is 0.417 e. The first-order chi connectivity index (χ1) is 19.5. The van der Waals surface area contributed by atoms with Gasteiger partial charge < -0.3 is 14.5 Å². The highest BCUT2D eigenvalue weighted by Gasteiger charge is 2.41. The van der Waals surface area contributed by atoms with Gasteiger partial charge in [0, 0.05) is 69.5 Å². The van der Waals surface area contributed by atoms with E-state index in [-0.39, 0.29) is 47.4 Å². The van der Waals surface area contributed by atoms with Crippen LogP contribution in [0.1, 0.15) is 25.5 Å². The molecule has 1 saturated heterocycles. The fourth-order valence-electron chi connectivity index (χ4n) is 6.11. The average molecular weight is 621 g/mol. The van der Waals surface area contributed by atoms with Crippen molar-refractivity contribution in [2.24, 2.45) is 0 Å². The highest BCUT2D eigenvalue weighted by Crippen LogP contribution is 2.52. The SMILES string of the molecule is C=CC(=O)N1[C@H](C)CN(c2nc(=O)n3c4c(c(-c5csc6ccsc56)c(C(F)(F)F)cc24)SC[C@@H]3COC)C[C@@H]1C. The fraction of sp³-hybridized carbons (Fsp3) is 0.393. The Bertz CT molecular complexity index is 1730. The second kappa shape index (κ2) is 10.4. The molecule has 1 fully saturated rings. The van der Waals surface area contributed by atoms with E-state index in [1.807, 2.05) is 30.2 Å². The molecule has 0 bridgehead atoms. The molecule has 1 amide bonds. The lowest BCUT2D eigenvalue weighted by molar-refractivity contribution is -0.137. The molecular formula is C28H27F3N4O3S3. The van der Waals surface area contributed by atoms with E-state index in [1.54, 1.807) is 10.3 Å². The van der Waals surface area contributed by atoms with E-state index in [9.17, 15) is 22.8 Å². The number of thiophene rings is 2. The number of ether oxygens (including phenoxy) is 1. The van der Waals surface area contributed by atoms with E-state index in [2.05, 4.69) is 11.6 Å². The molecule has 0 spiro atoms. The summed E-state index contributed by atoms with van der Waals surface area (Å²) in [6.07, 6.45) is -3.39. The van der Waals surface area contributed by atoms with Gasteiger partial charge in [0.05, 0.1) is 28.4 Å². The minimum Gasteiger partial charge on any atom is -0.383 e. The number of carbonyl (C=O) groups is 1. The molecule has 3 atom stereocenters. The topological polar surface area (TPSA) is 67.7 Å². The summed E-state index contributed by atoms with van der Waals surface area (Å²) in [5, 5.41) is 3.92. The molecule has 0 radical (unpaired) electrons. The van der Waals surface area contributed by atoms with Crippen molar-refractivity contribution in [1.29, 1.82) is 0 Å². The Balaban J connectivity index is 1.65. The van der Waals surface area contributed by atoms with Gasteiger partial charge in [-0.15, -0.1) is 34.4 Å². The number of rotatable bonds is 5. The summed E-state index contributed by atoms with van der Waals surface area (Å²) in [7, 11) is 1.54. The standard InChI is InChI=1S/C28H27F3N4O3S3/c1-5-21(36)34-14(2)9-33(10-15(34)3)26-17-8-19(28(29,30)31)22(18-13-40-20-6-7-39-24(18)20)25-23(17)35(27(37)32-26)16(11-38-4)12-41-25/h5-8,13-16H,1,9-12H2,2-4H3/t14-,15+,16-/m0/s1. The third-order valence-electron chi connectivity index (χ3n) is 7.69. The van der Waals surface area contributed by atoms with Crippen LogP contribution >= 0.6 is 34.4 Å². The maximum absolute atomic E-state index is 14.9. The second-order valence-electron chi connectivity index (χ2n) is 10.3. The summed E-state index contributed by atoms with van der Waals surface area (Å²) >= 11 is 4.15. The minimum atomic E-state index is -4.65. The van der Waals surface area contributed by atoms with Gasteiger partial charge in [-0.2, -0.15) is 18.2 Å². The zero-order valence-corrected chi connectivity index (χ0v) is 25.0. The Morgan fingerprint density at radius 1 is 1.24 bits per heavy atom. The van der Waals surface area contributed by atoms with Crippen LogP contribution < -0.4 is 10.6 Å². The molecule has 5 heterocycles. The smallest absolute Gasteiger partial charge is 0.383 e. The van der Waals surface area contributed by atoms with Crippen molar-refractivity contribution in [2.45, 2.75) is 43.0 Å². The zero-order chi connectivity index (χ0) is 29.2. The van der Waals surface area contributed by atoms with E-state index in [0.29, 0.717) is 34.8 Å². The number of amides is 1. The predicted molar refractivity (Wildman–Crippen MR) is 160 cm³/mol.